The van der Waals surface area contributed by atoms with Gasteiger partial charge in [-0.1, -0.05) is 34.4 Å². The fraction of sp³-hybridized carbons (Fsp3) is 0.467. The summed E-state index contributed by atoms with van der Waals surface area (Å²) >= 11 is 14.3. The van der Waals surface area contributed by atoms with Gasteiger partial charge in [0, 0.05) is 11.0 Å². The van der Waals surface area contributed by atoms with Gasteiger partial charge in [-0.2, -0.15) is 0 Å². The number of hydrogen-bond acceptors (Lipinski definition) is 6. The number of nitrogens with zero attached hydrogens (tertiary/aromatic N) is 2. The molecule has 3 aliphatic rings. The largest absolute Gasteiger partial charge is 0.382 e. The van der Waals surface area contributed by atoms with E-state index in [0.29, 0.717) is 56.1 Å². The molecule has 5 nitrogen and oxygen atoms in total. The van der Waals surface area contributed by atoms with Crippen molar-refractivity contribution < 1.29 is 23.1 Å². The molecule has 4 aromatic rings. The third kappa shape index (κ3) is 3.83. The SMILES string of the molecule is Cc1cc(F)c2nc([C@]3(O)[C@@H]4CC5CC53C[C@H](OCc3c(-c5c(Cl)cccc5Cl)noc3C(C)(C)F)C4)sc2c1. The molecule has 1 N–H and O–H groups in total. The number of fused-ring (bicyclic) bond motifs is 2. The minimum Gasteiger partial charge on any atom is -0.382 e. The van der Waals surface area contributed by atoms with Crippen LogP contribution in [0.1, 0.15) is 61.4 Å². The van der Waals surface area contributed by atoms with Crippen molar-refractivity contribution in [1.82, 2.24) is 10.1 Å². The Kier molecular flexibility index (Phi) is 5.99. The van der Waals surface area contributed by atoms with Gasteiger partial charge < -0.3 is 14.4 Å². The summed E-state index contributed by atoms with van der Waals surface area (Å²) < 4.78 is 42.6. The second-order valence-electron chi connectivity index (χ2n) is 12.1. The number of aliphatic hydroxyl groups is 1. The number of aromatic nitrogens is 2. The Balaban J connectivity index is 1.18. The van der Waals surface area contributed by atoms with E-state index in [9.17, 15) is 9.50 Å². The lowest BCUT2D eigenvalue weighted by atomic mass is 9.68. The second-order valence-corrected chi connectivity index (χ2v) is 14.0. The number of halogens is 4. The highest BCUT2D eigenvalue weighted by molar-refractivity contribution is 7.18. The molecule has 2 aromatic carbocycles. The number of rotatable bonds is 6. The number of thiazole rings is 1. The van der Waals surface area contributed by atoms with Gasteiger partial charge in [0.25, 0.3) is 0 Å². The molecule has 3 aliphatic carbocycles. The fourth-order valence-electron chi connectivity index (χ4n) is 7.38. The molecule has 1 spiro atoms. The first-order valence-electron chi connectivity index (χ1n) is 13.5. The van der Waals surface area contributed by atoms with Crippen LogP contribution in [0, 0.1) is 30.0 Å². The summed E-state index contributed by atoms with van der Waals surface area (Å²) in [5, 5.41) is 17.8. The van der Waals surface area contributed by atoms with Crippen molar-refractivity contribution in [2.45, 2.75) is 70.4 Å². The smallest absolute Gasteiger partial charge is 0.179 e. The number of hydrogen-bond donors (Lipinski definition) is 1. The van der Waals surface area contributed by atoms with E-state index in [4.69, 9.17) is 32.5 Å². The maximum atomic E-state index is 15.2. The Labute approximate surface area is 244 Å². The molecule has 3 fully saturated rings. The van der Waals surface area contributed by atoms with Crippen molar-refractivity contribution in [2.24, 2.45) is 17.3 Å². The summed E-state index contributed by atoms with van der Waals surface area (Å²) in [6.07, 6.45) is 2.86. The summed E-state index contributed by atoms with van der Waals surface area (Å²) in [5.74, 6) is 0.0305. The van der Waals surface area contributed by atoms with Gasteiger partial charge in [0.2, 0.25) is 0 Å². The molecule has 2 bridgehead atoms. The lowest BCUT2D eigenvalue weighted by Crippen LogP contribution is -2.48. The molecular formula is C30H28Cl2F2N2O3S. The minimum absolute atomic E-state index is 0.0608. The number of ether oxygens (including phenoxy) is 1. The third-order valence-electron chi connectivity index (χ3n) is 9.20. The molecule has 0 aliphatic heterocycles. The van der Waals surface area contributed by atoms with E-state index in [0.717, 1.165) is 23.1 Å². The van der Waals surface area contributed by atoms with Gasteiger partial charge in [0.05, 0.1) is 33.0 Å². The van der Waals surface area contributed by atoms with E-state index >= 15 is 4.39 Å². The van der Waals surface area contributed by atoms with Crippen molar-refractivity contribution >= 4 is 44.8 Å². The summed E-state index contributed by atoms with van der Waals surface area (Å²) in [7, 11) is 0. The maximum absolute atomic E-state index is 15.2. The lowest BCUT2D eigenvalue weighted by molar-refractivity contribution is -0.139. The van der Waals surface area contributed by atoms with Gasteiger partial charge in [-0.25, -0.2) is 13.8 Å². The first-order valence-corrected chi connectivity index (χ1v) is 15.0. The van der Waals surface area contributed by atoms with Crippen LogP contribution in [-0.4, -0.2) is 21.4 Å². The zero-order chi connectivity index (χ0) is 28.2. The van der Waals surface area contributed by atoms with Crippen LogP contribution in [0.15, 0.2) is 34.9 Å². The zero-order valence-electron chi connectivity index (χ0n) is 22.2. The average Bonchev–Trinajstić information content (AvgIpc) is 3.12. The van der Waals surface area contributed by atoms with Gasteiger partial charge in [0.1, 0.15) is 21.8 Å². The molecule has 7 rings (SSSR count). The molecule has 2 aromatic heterocycles. The summed E-state index contributed by atoms with van der Waals surface area (Å²) in [6, 6.07) is 8.53. The van der Waals surface area contributed by atoms with Crippen molar-refractivity contribution in [2.75, 3.05) is 0 Å². The Bertz CT molecular complexity index is 1650. The normalized spacial score (nSPS) is 29.2. The summed E-state index contributed by atoms with van der Waals surface area (Å²) in [4.78, 5) is 4.64. The summed E-state index contributed by atoms with van der Waals surface area (Å²) in [6.45, 7) is 4.73. The Hall–Kier alpha value is -2.10. The van der Waals surface area contributed by atoms with Crippen LogP contribution in [0.4, 0.5) is 8.78 Å². The fourth-order valence-corrected chi connectivity index (χ4v) is 9.32. The van der Waals surface area contributed by atoms with Crippen LogP contribution in [0.25, 0.3) is 21.5 Å². The molecule has 0 saturated heterocycles. The Morgan fingerprint density at radius 1 is 1.18 bits per heavy atom. The number of aryl methyl sites for hydroxylation is 1. The Morgan fingerprint density at radius 2 is 1.93 bits per heavy atom. The molecule has 2 heterocycles. The molecule has 0 radical (unpaired) electrons. The van der Waals surface area contributed by atoms with Crippen LogP contribution in [0.2, 0.25) is 10.0 Å². The third-order valence-corrected chi connectivity index (χ3v) is 11.0. The van der Waals surface area contributed by atoms with E-state index in [1.54, 1.807) is 18.2 Å². The number of benzene rings is 2. The lowest BCUT2D eigenvalue weighted by Gasteiger charge is -2.44. The first kappa shape index (κ1) is 26.8. The van der Waals surface area contributed by atoms with Crippen molar-refractivity contribution in [1.29, 1.82) is 0 Å². The maximum Gasteiger partial charge on any atom is 0.179 e. The van der Waals surface area contributed by atoms with Crippen molar-refractivity contribution in [3.05, 3.63) is 68.1 Å². The monoisotopic (exact) mass is 604 g/mol. The predicted octanol–water partition coefficient (Wildman–Crippen LogP) is 8.50. The van der Waals surface area contributed by atoms with Crippen LogP contribution in [-0.2, 0) is 22.6 Å². The molecule has 2 unspecified atom stereocenters. The first-order chi connectivity index (χ1) is 18.9. The van der Waals surface area contributed by atoms with Crippen LogP contribution >= 0.6 is 34.5 Å². The average molecular weight is 606 g/mol. The van der Waals surface area contributed by atoms with Gasteiger partial charge in [-0.15, -0.1) is 11.3 Å². The molecule has 5 atom stereocenters. The van der Waals surface area contributed by atoms with Gasteiger partial charge in [-0.3, -0.25) is 0 Å². The molecule has 10 heteroatoms. The topological polar surface area (TPSA) is 68.4 Å². The van der Waals surface area contributed by atoms with Crippen LogP contribution in [0.5, 0.6) is 0 Å². The highest BCUT2D eigenvalue weighted by Gasteiger charge is 2.77. The van der Waals surface area contributed by atoms with E-state index < -0.39 is 11.3 Å². The predicted molar refractivity (Wildman–Crippen MR) is 151 cm³/mol. The van der Waals surface area contributed by atoms with Gasteiger partial charge in [-0.05, 0) is 88.1 Å². The van der Waals surface area contributed by atoms with E-state index in [2.05, 4.69) is 10.1 Å². The summed E-state index contributed by atoms with van der Waals surface area (Å²) in [5.41, 5.74) is -0.807. The van der Waals surface area contributed by atoms with E-state index in [1.807, 2.05) is 13.0 Å². The second kappa shape index (κ2) is 8.95. The quantitative estimate of drug-likeness (QED) is 0.239. The standard InChI is InChI=1S/C30H28Cl2F2N2O3S/c1-14-7-21(33)25-22(8-14)40-27(35-25)30(37)15-9-16-11-29(16,30)12-17(10-15)38-13-18-24(36-39-26(18)28(2,3)34)23-19(31)5-4-6-20(23)32/h4-8,15-17,37H,9-13H2,1-3H3/t15-,16?,17-,29?,30-/m1/s1. The number of alkyl halides is 1. The minimum atomic E-state index is -1.80. The zero-order valence-corrected chi connectivity index (χ0v) is 24.6. The van der Waals surface area contributed by atoms with Crippen molar-refractivity contribution in [3.8, 4) is 11.3 Å². The molecule has 0 amide bonds. The molecule has 3 saturated carbocycles. The highest BCUT2D eigenvalue weighted by Crippen LogP contribution is 2.79. The van der Waals surface area contributed by atoms with Crippen LogP contribution in [0.3, 0.4) is 0 Å². The Morgan fingerprint density at radius 3 is 2.62 bits per heavy atom. The van der Waals surface area contributed by atoms with Gasteiger partial charge >= 0.3 is 0 Å². The van der Waals surface area contributed by atoms with Crippen molar-refractivity contribution in [3.63, 3.8) is 0 Å². The molecular weight excluding hydrogens is 577 g/mol. The molecule has 210 valence electrons. The van der Waals surface area contributed by atoms with E-state index in [-0.39, 0.29) is 35.6 Å². The molecule has 40 heavy (non-hydrogen) atoms. The highest BCUT2D eigenvalue weighted by atomic mass is 35.5. The van der Waals surface area contributed by atoms with Gasteiger partial charge in [0.15, 0.2) is 17.2 Å². The van der Waals surface area contributed by atoms with Crippen LogP contribution < -0.4 is 0 Å². The van der Waals surface area contributed by atoms with E-state index in [1.165, 1.54) is 31.3 Å².